The van der Waals surface area contributed by atoms with Crippen LogP contribution >= 0.6 is 27.5 Å². The first kappa shape index (κ1) is 19.9. The Labute approximate surface area is 181 Å². The molecule has 2 saturated heterocycles. The maximum absolute atomic E-state index is 12.9. The van der Waals surface area contributed by atoms with Crippen LogP contribution in [0.4, 0.5) is 0 Å². The first-order valence-electron chi connectivity index (χ1n) is 9.32. The molecule has 2 N–H and O–H groups in total. The van der Waals surface area contributed by atoms with E-state index in [2.05, 4.69) is 26.6 Å². The summed E-state index contributed by atoms with van der Waals surface area (Å²) in [5, 5.41) is 6.39. The minimum Gasteiger partial charge on any atom is -0.347 e. The fourth-order valence-corrected chi connectivity index (χ4v) is 4.22. The van der Waals surface area contributed by atoms with Crippen molar-refractivity contribution in [3.05, 3.63) is 69.2 Å². The Morgan fingerprint density at radius 3 is 2.52 bits per heavy atom. The third-order valence-electron chi connectivity index (χ3n) is 5.30. The number of hydrogen-bond donors (Lipinski definition) is 2. The fraction of sp³-hybridized carbons (Fsp3) is 0.286. The third kappa shape index (κ3) is 4.31. The van der Waals surface area contributed by atoms with Gasteiger partial charge in [-0.05, 0) is 48.4 Å². The number of hydrogen-bond acceptors (Lipinski definition) is 3. The van der Waals surface area contributed by atoms with Crippen LogP contribution in [0.5, 0.6) is 0 Å². The smallest absolute Gasteiger partial charge is 0.251 e. The Hall–Kier alpha value is -2.38. The van der Waals surface area contributed by atoms with Crippen LogP contribution < -0.4 is 10.6 Å². The normalized spacial score (nSPS) is 23.5. The molecule has 3 atom stereocenters. The van der Waals surface area contributed by atoms with Crippen LogP contribution in [0.25, 0.3) is 0 Å². The van der Waals surface area contributed by atoms with E-state index >= 15 is 0 Å². The molecule has 2 aliphatic heterocycles. The number of nitrogens with zero attached hydrogens (tertiary/aromatic N) is 1. The molecule has 0 spiro atoms. The van der Waals surface area contributed by atoms with Gasteiger partial charge in [0.05, 0.1) is 0 Å². The van der Waals surface area contributed by atoms with Crippen LogP contribution in [0.1, 0.15) is 22.3 Å². The van der Waals surface area contributed by atoms with Gasteiger partial charge in [-0.3, -0.25) is 14.4 Å². The second-order valence-corrected chi connectivity index (χ2v) is 8.66. The van der Waals surface area contributed by atoms with Gasteiger partial charge in [-0.2, -0.15) is 0 Å². The quantitative estimate of drug-likeness (QED) is 0.712. The Morgan fingerprint density at radius 2 is 1.83 bits per heavy atom. The summed E-state index contributed by atoms with van der Waals surface area (Å²) in [6.07, 6.45) is 0.814. The van der Waals surface area contributed by atoms with Crippen LogP contribution in [0.2, 0.25) is 5.02 Å². The summed E-state index contributed by atoms with van der Waals surface area (Å²) in [4.78, 5) is 39.6. The summed E-state index contributed by atoms with van der Waals surface area (Å²) in [5.41, 5.74) is 1.46. The Bertz CT molecular complexity index is 949. The van der Waals surface area contributed by atoms with E-state index in [9.17, 15) is 14.4 Å². The summed E-state index contributed by atoms with van der Waals surface area (Å²) < 4.78 is 0.890. The second-order valence-electron chi connectivity index (χ2n) is 7.31. The van der Waals surface area contributed by atoms with Crippen molar-refractivity contribution in [3.63, 3.8) is 0 Å². The molecule has 3 amide bonds. The molecule has 2 aliphatic rings. The molecule has 0 radical (unpaired) electrons. The molecule has 0 unspecified atom stereocenters. The van der Waals surface area contributed by atoms with Gasteiger partial charge in [-0.1, -0.05) is 39.7 Å². The lowest BCUT2D eigenvalue weighted by Gasteiger charge is -2.34. The van der Waals surface area contributed by atoms with Gasteiger partial charge < -0.3 is 15.5 Å². The van der Waals surface area contributed by atoms with E-state index < -0.39 is 12.1 Å². The standard InChI is InChI=1S/C21H19BrClN3O3/c22-14-5-3-13(4-6-14)19(27)24-16-10-18-20(28)25-17(21(29)26(18)11-16)9-12-1-7-15(23)8-2-12/h1-8,16-18H,9-11H2,(H,24,27)(H,25,28)/t16-,17-,18-/m0/s1. The largest absolute Gasteiger partial charge is 0.347 e. The van der Waals surface area contributed by atoms with Gasteiger partial charge in [0.1, 0.15) is 12.1 Å². The summed E-state index contributed by atoms with van der Waals surface area (Å²) >= 11 is 9.25. The van der Waals surface area contributed by atoms with Crippen LogP contribution in [0, 0.1) is 0 Å². The first-order chi connectivity index (χ1) is 13.9. The van der Waals surface area contributed by atoms with Gasteiger partial charge in [-0.15, -0.1) is 0 Å². The number of fused-ring (bicyclic) bond motifs is 1. The van der Waals surface area contributed by atoms with Crippen molar-refractivity contribution in [3.8, 4) is 0 Å². The summed E-state index contributed by atoms with van der Waals surface area (Å²) in [6, 6.07) is 12.8. The molecule has 2 aromatic carbocycles. The number of carbonyl (C=O) groups is 3. The highest BCUT2D eigenvalue weighted by Crippen LogP contribution is 2.24. The van der Waals surface area contributed by atoms with Crippen LogP contribution in [-0.4, -0.2) is 47.3 Å². The summed E-state index contributed by atoms with van der Waals surface area (Å²) in [7, 11) is 0. The van der Waals surface area contributed by atoms with Crippen molar-refractivity contribution in [2.24, 2.45) is 0 Å². The van der Waals surface area contributed by atoms with Crippen molar-refractivity contribution >= 4 is 45.3 Å². The topological polar surface area (TPSA) is 78.5 Å². The molecule has 0 aromatic heterocycles. The molecule has 8 heteroatoms. The van der Waals surface area contributed by atoms with Crippen molar-refractivity contribution < 1.29 is 14.4 Å². The zero-order valence-corrected chi connectivity index (χ0v) is 17.7. The summed E-state index contributed by atoms with van der Waals surface area (Å²) in [5.74, 6) is -0.512. The Morgan fingerprint density at radius 1 is 1.14 bits per heavy atom. The Kier molecular flexibility index (Phi) is 5.61. The molecule has 150 valence electrons. The van der Waals surface area contributed by atoms with Crippen molar-refractivity contribution in [2.45, 2.75) is 31.0 Å². The van der Waals surface area contributed by atoms with E-state index in [0.717, 1.165) is 10.0 Å². The van der Waals surface area contributed by atoms with E-state index in [-0.39, 0.29) is 23.8 Å². The van der Waals surface area contributed by atoms with Crippen molar-refractivity contribution in [1.82, 2.24) is 15.5 Å². The molecule has 2 aromatic rings. The van der Waals surface area contributed by atoms with Gasteiger partial charge >= 0.3 is 0 Å². The number of benzene rings is 2. The molecule has 29 heavy (non-hydrogen) atoms. The fourth-order valence-electron chi connectivity index (χ4n) is 3.83. The maximum atomic E-state index is 12.9. The average Bonchev–Trinajstić information content (AvgIpc) is 3.13. The van der Waals surface area contributed by atoms with Crippen molar-refractivity contribution in [1.29, 1.82) is 0 Å². The number of carbonyl (C=O) groups excluding carboxylic acids is 3. The van der Waals surface area contributed by atoms with E-state index in [0.29, 0.717) is 30.0 Å². The predicted molar refractivity (Wildman–Crippen MR) is 113 cm³/mol. The predicted octanol–water partition coefficient (Wildman–Crippen LogP) is 2.54. The highest BCUT2D eigenvalue weighted by atomic mass is 79.9. The van der Waals surface area contributed by atoms with E-state index in [1.54, 1.807) is 41.3 Å². The number of rotatable bonds is 4. The molecule has 6 nitrogen and oxygen atoms in total. The molecule has 0 bridgehead atoms. The third-order valence-corrected chi connectivity index (χ3v) is 6.08. The molecular weight excluding hydrogens is 458 g/mol. The SMILES string of the molecule is O=C(N[C@H]1C[C@H]2C(=O)N[C@@H](Cc3ccc(Cl)cc3)C(=O)N2C1)c1ccc(Br)cc1. The number of halogens is 2. The summed E-state index contributed by atoms with van der Waals surface area (Å²) in [6.45, 7) is 0.330. The Balaban J connectivity index is 1.42. The molecular formula is C21H19BrClN3O3. The van der Waals surface area contributed by atoms with Gasteiger partial charge in [0.15, 0.2) is 0 Å². The monoisotopic (exact) mass is 475 g/mol. The molecule has 2 heterocycles. The average molecular weight is 477 g/mol. The van der Waals surface area contributed by atoms with E-state index in [1.165, 1.54) is 0 Å². The van der Waals surface area contributed by atoms with E-state index in [4.69, 9.17) is 11.6 Å². The lowest BCUT2D eigenvalue weighted by atomic mass is 10.0. The molecule has 0 aliphatic carbocycles. The van der Waals surface area contributed by atoms with Gasteiger partial charge in [0.2, 0.25) is 11.8 Å². The second kappa shape index (κ2) is 8.16. The zero-order valence-electron chi connectivity index (χ0n) is 15.4. The minimum absolute atomic E-state index is 0.120. The molecule has 2 fully saturated rings. The first-order valence-corrected chi connectivity index (χ1v) is 10.5. The number of amides is 3. The lowest BCUT2D eigenvalue weighted by molar-refractivity contribution is -0.147. The highest BCUT2D eigenvalue weighted by Gasteiger charge is 2.46. The highest BCUT2D eigenvalue weighted by molar-refractivity contribution is 9.10. The zero-order chi connectivity index (χ0) is 20.5. The lowest BCUT2D eigenvalue weighted by Crippen LogP contribution is -2.61. The van der Waals surface area contributed by atoms with Gasteiger partial charge in [-0.25, -0.2) is 0 Å². The number of piperazine rings is 1. The van der Waals surface area contributed by atoms with E-state index in [1.807, 2.05) is 12.1 Å². The minimum atomic E-state index is -0.610. The van der Waals surface area contributed by atoms with Crippen LogP contribution in [0.15, 0.2) is 53.0 Å². The van der Waals surface area contributed by atoms with Crippen molar-refractivity contribution in [2.75, 3.05) is 6.54 Å². The maximum Gasteiger partial charge on any atom is 0.251 e. The number of nitrogens with one attached hydrogen (secondary N) is 2. The molecule has 4 rings (SSSR count). The van der Waals surface area contributed by atoms with Gasteiger partial charge in [0.25, 0.3) is 5.91 Å². The van der Waals surface area contributed by atoms with Crippen LogP contribution in [-0.2, 0) is 16.0 Å². The van der Waals surface area contributed by atoms with Crippen LogP contribution in [0.3, 0.4) is 0 Å². The van der Waals surface area contributed by atoms with Gasteiger partial charge in [0, 0.05) is 34.1 Å². The molecule has 0 saturated carbocycles.